The summed E-state index contributed by atoms with van der Waals surface area (Å²) < 4.78 is 27.8. The Labute approximate surface area is 108 Å². The second-order valence-corrected chi connectivity index (χ2v) is 8.66. The molecule has 0 spiro atoms. The minimum absolute atomic E-state index is 0.0263. The minimum Gasteiger partial charge on any atom is -0.208 e. The van der Waals surface area contributed by atoms with Gasteiger partial charge < -0.3 is 0 Å². The van der Waals surface area contributed by atoms with E-state index >= 15 is 0 Å². The van der Waals surface area contributed by atoms with Gasteiger partial charge in [-0.2, -0.15) is 0 Å². The molecule has 3 nitrogen and oxygen atoms in total. The van der Waals surface area contributed by atoms with Crippen LogP contribution in [0.4, 0.5) is 0 Å². The van der Waals surface area contributed by atoms with Crippen molar-refractivity contribution < 1.29 is 8.42 Å². The SMILES string of the molecule is CC(CC1CC1)NS(=O)(=O)c1ccc(Br)s1. The Morgan fingerprint density at radius 2 is 2.25 bits per heavy atom. The van der Waals surface area contributed by atoms with E-state index in [4.69, 9.17) is 0 Å². The zero-order valence-electron chi connectivity index (χ0n) is 8.94. The lowest BCUT2D eigenvalue weighted by Gasteiger charge is -2.12. The van der Waals surface area contributed by atoms with E-state index in [1.165, 1.54) is 24.2 Å². The van der Waals surface area contributed by atoms with Crippen molar-refractivity contribution in [3.05, 3.63) is 15.9 Å². The van der Waals surface area contributed by atoms with E-state index in [2.05, 4.69) is 20.7 Å². The predicted molar refractivity (Wildman–Crippen MR) is 69.1 cm³/mol. The van der Waals surface area contributed by atoms with Crippen LogP contribution in [0.5, 0.6) is 0 Å². The molecule has 1 atom stereocenters. The second kappa shape index (κ2) is 4.76. The van der Waals surface area contributed by atoms with Gasteiger partial charge in [-0.25, -0.2) is 13.1 Å². The van der Waals surface area contributed by atoms with Crippen molar-refractivity contribution in [1.82, 2.24) is 4.72 Å². The fourth-order valence-electron chi connectivity index (χ4n) is 1.67. The highest BCUT2D eigenvalue weighted by Gasteiger charge is 2.26. The molecule has 2 rings (SSSR count). The molecule has 90 valence electrons. The molecular formula is C10H14BrNO2S2. The van der Waals surface area contributed by atoms with Gasteiger partial charge in [0.2, 0.25) is 10.0 Å². The average molecular weight is 324 g/mol. The molecular weight excluding hydrogens is 310 g/mol. The lowest BCUT2D eigenvalue weighted by Crippen LogP contribution is -2.32. The molecule has 0 amide bonds. The van der Waals surface area contributed by atoms with E-state index in [1.54, 1.807) is 12.1 Å². The molecule has 16 heavy (non-hydrogen) atoms. The Morgan fingerprint density at radius 3 is 2.75 bits per heavy atom. The Morgan fingerprint density at radius 1 is 1.56 bits per heavy atom. The highest BCUT2D eigenvalue weighted by molar-refractivity contribution is 9.11. The number of rotatable bonds is 5. The number of nitrogens with one attached hydrogen (secondary N) is 1. The molecule has 1 fully saturated rings. The number of sulfonamides is 1. The molecule has 1 heterocycles. The summed E-state index contributed by atoms with van der Waals surface area (Å²) >= 11 is 4.50. The van der Waals surface area contributed by atoms with Crippen molar-refractivity contribution in [2.75, 3.05) is 0 Å². The van der Waals surface area contributed by atoms with Crippen LogP contribution in [0.15, 0.2) is 20.1 Å². The molecule has 0 bridgehead atoms. The van der Waals surface area contributed by atoms with Crippen molar-refractivity contribution in [3.63, 3.8) is 0 Å². The lowest BCUT2D eigenvalue weighted by atomic mass is 10.2. The van der Waals surface area contributed by atoms with Crippen molar-refractivity contribution in [3.8, 4) is 0 Å². The summed E-state index contributed by atoms with van der Waals surface area (Å²) in [6.07, 6.45) is 3.44. The number of halogens is 1. The predicted octanol–water partition coefficient (Wildman–Crippen LogP) is 2.98. The third-order valence-corrected chi connectivity index (χ3v) is 6.26. The van der Waals surface area contributed by atoms with Crippen LogP contribution in [-0.2, 0) is 10.0 Å². The molecule has 6 heteroatoms. The summed E-state index contributed by atoms with van der Waals surface area (Å²) in [5.41, 5.74) is 0. The normalized spacial score (nSPS) is 18.6. The third-order valence-electron chi connectivity index (χ3n) is 2.55. The molecule has 0 aliphatic heterocycles. The van der Waals surface area contributed by atoms with E-state index in [9.17, 15) is 8.42 Å². The van der Waals surface area contributed by atoms with Crippen molar-refractivity contribution >= 4 is 37.3 Å². The molecule has 0 saturated heterocycles. The monoisotopic (exact) mass is 323 g/mol. The van der Waals surface area contributed by atoms with E-state index in [1.807, 2.05) is 6.92 Å². The summed E-state index contributed by atoms with van der Waals surface area (Å²) in [6, 6.07) is 3.41. The second-order valence-electron chi connectivity index (χ2n) is 4.26. The molecule has 1 aromatic heterocycles. The summed E-state index contributed by atoms with van der Waals surface area (Å²) in [5, 5.41) is 0. The molecule has 1 aliphatic rings. The summed E-state index contributed by atoms with van der Waals surface area (Å²) in [5.74, 6) is 0.729. The standard InChI is InChI=1S/C10H14BrNO2S2/c1-7(6-8-2-3-8)12-16(13,14)10-5-4-9(11)15-10/h4-5,7-8,12H,2-3,6H2,1H3. The van der Waals surface area contributed by atoms with Crippen molar-refractivity contribution in [2.24, 2.45) is 5.92 Å². The Bertz CT molecular complexity index is 465. The van der Waals surface area contributed by atoms with Crippen molar-refractivity contribution in [1.29, 1.82) is 0 Å². The lowest BCUT2D eigenvalue weighted by molar-refractivity contribution is 0.531. The fraction of sp³-hybridized carbons (Fsp3) is 0.600. The van der Waals surface area contributed by atoms with Crippen LogP contribution in [0.25, 0.3) is 0 Å². The first kappa shape index (κ1) is 12.5. The van der Waals surface area contributed by atoms with Crippen LogP contribution < -0.4 is 4.72 Å². The summed E-state index contributed by atoms with van der Waals surface area (Å²) in [7, 11) is -3.32. The zero-order chi connectivity index (χ0) is 11.8. The summed E-state index contributed by atoms with van der Waals surface area (Å²) in [4.78, 5) is 0. The van der Waals surface area contributed by atoms with Gasteiger partial charge in [-0.3, -0.25) is 0 Å². The quantitative estimate of drug-likeness (QED) is 0.905. The minimum atomic E-state index is -3.32. The Balaban J connectivity index is 2.01. The third kappa shape index (κ3) is 3.29. The number of hydrogen-bond acceptors (Lipinski definition) is 3. The van der Waals surface area contributed by atoms with E-state index in [-0.39, 0.29) is 6.04 Å². The number of thiophene rings is 1. The molecule has 1 saturated carbocycles. The first-order valence-corrected chi connectivity index (χ1v) is 8.34. The Kier molecular flexibility index (Phi) is 3.73. The molecule has 1 aromatic rings. The van der Waals surface area contributed by atoms with Gasteiger partial charge in [0.15, 0.2) is 0 Å². The topological polar surface area (TPSA) is 46.2 Å². The molecule has 1 N–H and O–H groups in total. The van der Waals surface area contributed by atoms with Crippen LogP contribution in [0, 0.1) is 5.92 Å². The van der Waals surface area contributed by atoms with Gasteiger partial charge in [0.1, 0.15) is 4.21 Å². The van der Waals surface area contributed by atoms with Gasteiger partial charge in [-0.05, 0) is 47.3 Å². The van der Waals surface area contributed by atoms with E-state index < -0.39 is 10.0 Å². The van der Waals surface area contributed by atoms with Gasteiger partial charge in [0.25, 0.3) is 0 Å². The highest BCUT2D eigenvalue weighted by Crippen LogP contribution is 2.34. The average Bonchev–Trinajstić information content (AvgIpc) is 2.84. The van der Waals surface area contributed by atoms with Gasteiger partial charge in [-0.1, -0.05) is 12.8 Å². The first-order chi connectivity index (χ1) is 7.47. The first-order valence-electron chi connectivity index (χ1n) is 5.25. The van der Waals surface area contributed by atoms with Gasteiger partial charge in [0.05, 0.1) is 3.79 Å². The van der Waals surface area contributed by atoms with Crippen molar-refractivity contribution in [2.45, 2.75) is 36.4 Å². The maximum absolute atomic E-state index is 11.9. The maximum Gasteiger partial charge on any atom is 0.250 e. The van der Waals surface area contributed by atoms with Crippen LogP contribution in [-0.4, -0.2) is 14.5 Å². The van der Waals surface area contributed by atoms with Crippen LogP contribution >= 0.6 is 27.3 Å². The van der Waals surface area contributed by atoms with Gasteiger partial charge >= 0.3 is 0 Å². The largest absolute Gasteiger partial charge is 0.250 e. The zero-order valence-corrected chi connectivity index (χ0v) is 12.2. The van der Waals surface area contributed by atoms with E-state index in [0.29, 0.717) is 4.21 Å². The fourth-order valence-corrected chi connectivity index (χ4v) is 4.95. The van der Waals surface area contributed by atoms with Gasteiger partial charge in [0, 0.05) is 6.04 Å². The maximum atomic E-state index is 11.9. The van der Waals surface area contributed by atoms with Crippen LogP contribution in [0.3, 0.4) is 0 Å². The molecule has 0 radical (unpaired) electrons. The summed E-state index contributed by atoms with van der Waals surface area (Å²) in [6.45, 7) is 1.93. The van der Waals surface area contributed by atoms with Crippen LogP contribution in [0.2, 0.25) is 0 Å². The van der Waals surface area contributed by atoms with Crippen LogP contribution in [0.1, 0.15) is 26.2 Å². The molecule has 1 unspecified atom stereocenters. The number of hydrogen-bond donors (Lipinski definition) is 1. The smallest absolute Gasteiger partial charge is 0.208 e. The Hall–Kier alpha value is 0.0900. The molecule has 0 aromatic carbocycles. The highest BCUT2D eigenvalue weighted by atomic mass is 79.9. The van der Waals surface area contributed by atoms with Gasteiger partial charge in [-0.15, -0.1) is 11.3 Å². The van der Waals surface area contributed by atoms with E-state index in [0.717, 1.165) is 16.1 Å². The molecule has 1 aliphatic carbocycles.